The summed E-state index contributed by atoms with van der Waals surface area (Å²) in [6, 6.07) is 11.1. The Morgan fingerprint density at radius 2 is 1.88 bits per heavy atom. The monoisotopic (exact) mass is 463 g/mol. The molecule has 2 heterocycles. The number of halogens is 3. The van der Waals surface area contributed by atoms with Gasteiger partial charge in [-0.2, -0.15) is 9.36 Å². The zero-order valence-corrected chi connectivity index (χ0v) is 17.6. The van der Waals surface area contributed by atoms with Crippen LogP contribution in [0.3, 0.4) is 0 Å². The van der Waals surface area contributed by atoms with Crippen LogP contribution >= 0.6 is 11.3 Å². The molecule has 2 aromatic heterocycles. The van der Waals surface area contributed by atoms with E-state index in [2.05, 4.69) is 20.1 Å². The topological polar surface area (TPSA) is 84.1 Å². The lowest BCUT2D eigenvalue weighted by molar-refractivity contribution is -0.274. The Kier molecular flexibility index (Phi) is 5.70. The predicted molar refractivity (Wildman–Crippen MR) is 110 cm³/mol. The molecule has 166 valence electrons. The highest BCUT2D eigenvalue weighted by Gasteiger charge is 2.32. The molecule has 0 aliphatic carbocycles. The van der Waals surface area contributed by atoms with Crippen molar-refractivity contribution in [2.75, 3.05) is 0 Å². The molecule has 0 fully saturated rings. The standard InChI is InChI=1S/C20H16F3N5O3S/c1-12-6-5-8-16(28-19(29)27(2)25-26-28)14(12)10-30-18-24-15(11-32-18)13-7-3-4-9-17(13)31-20(21,22)23/h3-9,11H,10H2,1-2H3. The number of aryl methyl sites for hydroxylation is 2. The second-order valence-electron chi connectivity index (χ2n) is 6.70. The highest BCUT2D eigenvalue weighted by atomic mass is 32.1. The molecule has 0 spiro atoms. The van der Waals surface area contributed by atoms with Crippen LogP contribution in [0.1, 0.15) is 11.1 Å². The van der Waals surface area contributed by atoms with Crippen LogP contribution in [0, 0.1) is 6.92 Å². The van der Waals surface area contributed by atoms with Gasteiger partial charge in [-0.15, -0.1) is 13.2 Å². The first-order chi connectivity index (χ1) is 15.2. The molecule has 0 aliphatic heterocycles. The van der Waals surface area contributed by atoms with Crippen molar-refractivity contribution in [3.8, 4) is 27.9 Å². The average molecular weight is 463 g/mol. The van der Waals surface area contributed by atoms with E-state index in [1.165, 1.54) is 29.9 Å². The van der Waals surface area contributed by atoms with Crippen molar-refractivity contribution in [1.82, 2.24) is 24.8 Å². The number of tetrazole rings is 1. The van der Waals surface area contributed by atoms with Crippen LogP contribution in [0.5, 0.6) is 10.9 Å². The smallest absolute Gasteiger partial charge is 0.465 e. The Hall–Kier alpha value is -3.67. The van der Waals surface area contributed by atoms with Crippen LogP contribution in [-0.4, -0.2) is 31.1 Å². The van der Waals surface area contributed by atoms with Crippen molar-refractivity contribution >= 4 is 11.3 Å². The average Bonchev–Trinajstić information content (AvgIpc) is 3.33. The van der Waals surface area contributed by atoms with Gasteiger partial charge in [0.05, 0.1) is 11.4 Å². The molecule has 0 N–H and O–H groups in total. The summed E-state index contributed by atoms with van der Waals surface area (Å²) in [5, 5.41) is 9.43. The fourth-order valence-electron chi connectivity index (χ4n) is 3.01. The van der Waals surface area contributed by atoms with Gasteiger partial charge in [0.1, 0.15) is 12.4 Å². The zero-order valence-electron chi connectivity index (χ0n) is 16.8. The van der Waals surface area contributed by atoms with Gasteiger partial charge >= 0.3 is 12.1 Å². The molecule has 0 atom stereocenters. The third kappa shape index (κ3) is 4.49. The lowest BCUT2D eigenvalue weighted by Gasteiger charge is -2.12. The number of ether oxygens (including phenoxy) is 2. The van der Waals surface area contributed by atoms with Crippen molar-refractivity contribution in [2.45, 2.75) is 19.9 Å². The van der Waals surface area contributed by atoms with Crippen molar-refractivity contribution in [1.29, 1.82) is 0 Å². The van der Waals surface area contributed by atoms with Gasteiger partial charge in [-0.25, -0.2) is 9.78 Å². The largest absolute Gasteiger partial charge is 0.573 e. The summed E-state index contributed by atoms with van der Waals surface area (Å²) < 4.78 is 50.3. The molecule has 8 nitrogen and oxygen atoms in total. The molecule has 2 aromatic carbocycles. The number of hydrogen-bond acceptors (Lipinski definition) is 7. The Balaban J connectivity index is 1.58. The Morgan fingerprint density at radius 3 is 2.59 bits per heavy atom. The summed E-state index contributed by atoms with van der Waals surface area (Å²) in [6.07, 6.45) is -4.81. The molecule has 0 saturated heterocycles. The molecule has 4 rings (SSSR count). The summed E-state index contributed by atoms with van der Waals surface area (Å²) in [5.74, 6) is -0.347. The predicted octanol–water partition coefficient (Wildman–Crippen LogP) is 3.88. The lowest BCUT2D eigenvalue weighted by Crippen LogP contribution is -2.23. The highest BCUT2D eigenvalue weighted by Crippen LogP contribution is 2.36. The minimum atomic E-state index is -4.81. The van der Waals surface area contributed by atoms with Crippen molar-refractivity contribution in [3.05, 3.63) is 69.5 Å². The van der Waals surface area contributed by atoms with E-state index in [1.54, 1.807) is 23.6 Å². The van der Waals surface area contributed by atoms with E-state index in [0.29, 0.717) is 16.9 Å². The van der Waals surface area contributed by atoms with Gasteiger partial charge in [0.25, 0.3) is 5.19 Å². The van der Waals surface area contributed by atoms with E-state index >= 15 is 0 Å². The lowest BCUT2D eigenvalue weighted by atomic mass is 10.1. The summed E-state index contributed by atoms with van der Waals surface area (Å²) in [6.45, 7) is 1.93. The van der Waals surface area contributed by atoms with Crippen LogP contribution < -0.4 is 15.2 Å². The SMILES string of the molecule is Cc1cccc(-n2nnn(C)c2=O)c1COc1nc(-c2ccccc2OC(F)(F)F)cs1. The number of rotatable bonds is 6. The van der Waals surface area contributed by atoms with Crippen LogP contribution in [0.25, 0.3) is 16.9 Å². The third-order valence-corrected chi connectivity index (χ3v) is 5.30. The number of nitrogens with zero attached hydrogens (tertiary/aromatic N) is 5. The van der Waals surface area contributed by atoms with E-state index in [-0.39, 0.29) is 23.1 Å². The summed E-state index contributed by atoms with van der Waals surface area (Å²) in [4.78, 5) is 16.5. The van der Waals surface area contributed by atoms with E-state index in [1.807, 2.05) is 13.0 Å². The van der Waals surface area contributed by atoms with Crippen LogP contribution in [0.2, 0.25) is 0 Å². The van der Waals surface area contributed by atoms with Gasteiger partial charge in [0.15, 0.2) is 0 Å². The maximum atomic E-state index is 12.7. The zero-order chi connectivity index (χ0) is 22.9. The molecular weight excluding hydrogens is 447 g/mol. The fourth-order valence-corrected chi connectivity index (χ4v) is 3.68. The summed E-state index contributed by atoms with van der Waals surface area (Å²) >= 11 is 1.13. The quantitative estimate of drug-likeness (QED) is 0.432. The van der Waals surface area contributed by atoms with Crippen LogP contribution in [0.15, 0.2) is 52.6 Å². The van der Waals surface area contributed by atoms with Gasteiger partial charge in [0, 0.05) is 23.6 Å². The van der Waals surface area contributed by atoms with Crippen molar-refractivity contribution in [2.24, 2.45) is 7.05 Å². The molecule has 0 aliphatic rings. The van der Waals surface area contributed by atoms with Gasteiger partial charge in [-0.3, -0.25) is 0 Å². The number of para-hydroxylation sites is 1. The summed E-state index contributed by atoms with van der Waals surface area (Å²) in [7, 11) is 1.50. The highest BCUT2D eigenvalue weighted by molar-refractivity contribution is 7.11. The molecule has 0 bridgehead atoms. The Bertz CT molecular complexity index is 1310. The molecule has 0 unspecified atom stereocenters. The first-order valence-electron chi connectivity index (χ1n) is 9.24. The van der Waals surface area contributed by atoms with Gasteiger partial charge in [0.2, 0.25) is 0 Å². The van der Waals surface area contributed by atoms with E-state index in [0.717, 1.165) is 21.6 Å². The van der Waals surface area contributed by atoms with Gasteiger partial charge in [-0.05, 0) is 41.1 Å². The molecule has 0 amide bonds. The number of alkyl halides is 3. The van der Waals surface area contributed by atoms with E-state index in [4.69, 9.17) is 4.74 Å². The van der Waals surface area contributed by atoms with Crippen LogP contribution in [0.4, 0.5) is 13.2 Å². The van der Waals surface area contributed by atoms with Crippen LogP contribution in [-0.2, 0) is 13.7 Å². The Labute approximate surface area is 183 Å². The number of thiazole rings is 1. The minimum Gasteiger partial charge on any atom is -0.465 e. The summed E-state index contributed by atoms with van der Waals surface area (Å²) in [5.41, 5.74) is 2.16. The first-order valence-corrected chi connectivity index (χ1v) is 10.1. The first kappa shape index (κ1) is 21.6. The van der Waals surface area contributed by atoms with E-state index < -0.39 is 12.1 Å². The molecular formula is C20H16F3N5O3S. The number of aromatic nitrogens is 5. The fraction of sp³-hybridized carbons (Fsp3) is 0.200. The van der Waals surface area contributed by atoms with Gasteiger partial charge in [-0.1, -0.05) is 35.6 Å². The molecule has 32 heavy (non-hydrogen) atoms. The third-order valence-electron chi connectivity index (χ3n) is 4.55. The van der Waals surface area contributed by atoms with Crippen molar-refractivity contribution in [3.63, 3.8) is 0 Å². The maximum absolute atomic E-state index is 12.7. The molecule has 0 saturated carbocycles. The molecule has 12 heteroatoms. The number of benzene rings is 2. The molecule has 0 radical (unpaired) electrons. The minimum absolute atomic E-state index is 0.0681. The number of hydrogen-bond donors (Lipinski definition) is 0. The molecule has 4 aromatic rings. The van der Waals surface area contributed by atoms with E-state index in [9.17, 15) is 18.0 Å². The van der Waals surface area contributed by atoms with Gasteiger partial charge < -0.3 is 9.47 Å². The second-order valence-corrected chi connectivity index (χ2v) is 7.52. The normalized spacial score (nSPS) is 11.5. The van der Waals surface area contributed by atoms with Crippen molar-refractivity contribution < 1.29 is 22.6 Å². The Morgan fingerprint density at radius 1 is 1.09 bits per heavy atom. The second kappa shape index (κ2) is 8.46. The maximum Gasteiger partial charge on any atom is 0.573 e.